The van der Waals surface area contributed by atoms with Crippen LogP contribution in [-0.2, 0) is 22.3 Å². The van der Waals surface area contributed by atoms with Gasteiger partial charge in [0.05, 0.1) is 19.1 Å². The first-order chi connectivity index (χ1) is 14.3. The molecule has 0 aliphatic heterocycles. The van der Waals surface area contributed by atoms with E-state index in [4.69, 9.17) is 9.47 Å². The summed E-state index contributed by atoms with van der Waals surface area (Å²) in [4.78, 5) is 18.5. The van der Waals surface area contributed by atoms with Crippen molar-refractivity contribution in [1.29, 1.82) is 0 Å². The summed E-state index contributed by atoms with van der Waals surface area (Å²) in [5, 5.41) is 9.46. The molecule has 10 heteroatoms. The van der Waals surface area contributed by atoms with E-state index in [0.717, 1.165) is 6.26 Å². The molecule has 1 aromatic carbocycles. The molecule has 30 heavy (non-hydrogen) atoms. The lowest BCUT2D eigenvalue weighted by Gasteiger charge is -2.12. The number of rotatable bonds is 7. The fraction of sp³-hybridized carbons (Fsp3) is 0.150. The summed E-state index contributed by atoms with van der Waals surface area (Å²) in [6.07, 6.45) is -2.16. The van der Waals surface area contributed by atoms with Crippen LogP contribution in [0.3, 0.4) is 0 Å². The predicted octanol–water partition coefficient (Wildman–Crippen LogP) is 4.87. The second-order valence-electron chi connectivity index (χ2n) is 5.88. The molecule has 0 saturated heterocycles. The van der Waals surface area contributed by atoms with Crippen molar-refractivity contribution in [3.05, 3.63) is 70.9 Å². The second kappa shape index (κ2) is 8.95. The van der Waals surface area contributed by atoms with Crippen molar-refractivity contribution in [3.8, 4) is 16.6 Å². The highest BCUT2D eigenvalue weighted by atomic mass is 32.1. The number of alkyl halides is 3. The molecule has 0 saturated carbocycles. The summed E-state index contributed by atoms with van der Waals surface area (Å²) in [6.45, 7) is -0.320. The smallest absolute Gasteiger partial charge is 0.430 e. The minimum absolute atomic E-state index is 0.0664. The van der Waals surface area contributed by atoms with E-state index in [-0.39, 0.29) is 22.8 Å². The third-order valence-electron chi connectivity index (χ3n) is 3.88. The Kier molecular flexibility index (Phi) is 6.36. The molecule has 0 unspecified atom stereocenters. The van der Waals surface area contributed by atoms with Crippen LogP contribution in [0.25, 0.3) is 16.3 Å². The number of carboxylic acid groups (broad SMARTS) is 1. The number of hydrogen-bond acceptors (Lipinski definition) is 6. The van der Waals surface area contributed by atoms with Gasteiger partial charge in [-0.2, -0.15) is 18.2 Å². The molecule has 2 heterocycles. The Labute approximate surface area is 173 Å². The lowest BCUT2D eigenvalue weighted by atomic mass is 10.0. The number of methoxy groups -OCH3 is 1. The Hall–Kier alpha value is -3.40. The van der Waals surface area contributed by atoms with E-state index in [1.807, 2.05) is 0 Å². The molecule has 6 nitrogen and oxygen atoms in total. The number of carbonyl (C=O) groups is 1. The van der Waals surface area contributed by atoms with E-state index in [1.54, 1.807) is 36.4 Å². The summed E-state index contributed by atoms with van der Waals surface area (Å²) >= 11 is 0.429. The topological polar surface area (TPSA) is 81.5 Å². The fourth-order valence-electron chi connectivity index (χ4n) is 2.58. The Balaban J connectivity index is 1.94. The number of hydrogen-bond donors (Lipinski definition) is 1. The molecule has 0 spiro atoms. The first-order valence-corrected chi connectivity index (χ1v) is 9.29. The normalized spacial score (nSPS) is 11.9. The van der Waals surface area contributed by atoms with Gasteiger partial charge in [0.15, 0.2) is 4.88 Å². The van der Waals surface area contributed by atoms with Gasteiger partial charge in [-0.15, -0.1) is 11.3 Å². The van der Waals surface area contributed by atoms with Crippen LogP contribution in [-0.4, -0.2) is 28.2 Å². The Morgan fingerprint density at radius 1 is 1.20 bits per heavy atom. The zero-order chi connectivity index (χ0) is 21.7. The maximum atomic E-state index is 13.5. The average Bonchev–Trinajstić information content (AvgIpc) is 3.16. The second-order valence-corrected chi connectivity index (χ2v) is 6.88. The summed E-state index contributed by atoms with van der Waals surface area (Å²) in [5.74, 6) is -1.83. The lowest BCUT2D eigenvalue weighted by molar-refractivity contribution is -0.136. The van der Waals surface area contributed by atoms with Gasteiger partial charge in [-0.3, -0.25) is 4.98 Å². The molecule has 0 bridgehead atoms. The SMILES string of the molecule is CO/C=C(/C(=O)O)c1ccccc1COc1nc(-c2ccccn2)sc1C(F)(F)F. The lowest BCUT2D eigenvalue weighted by Crippen LogP contribution is -2.08. The van der Waals surface area contributed by atoms with Gasteiger partial charge in [0.25, 0.3) is 0 Å². The zero-order valence-corrected chi connectivity index (χ0v) is 16.3. The first kappa shape index (κ1) is 21.3. The molecule has 0 fully saturated rings. The van der Waals surface area contributed by atoms with Crippen LogP contribution in [0.1, 0.15) is 16.0 Å². The standard InChI is InChI=1S/C20H15F3N2O4S/c1-28-11-14(19(26)27)13-7-3-2-6-12(13)10-29-17-16(20(21,22)23)30-18(25-17)15-8-4-5-9-24-15/h2-9,11H,10H2,1H3,(H,26,27)/b14-11+. The van der Waals surface area contributed by atoms with Crippen LogP contribution < -0.4 is 4.74 Å². The van der Waals surface area contributed by atoms with Gasteiger partial charge < -0.3 is 14.6 Å². The Bertz CT molecular complexity index is 1070. The molecule has 2 aromatic heterocycles. The van der Waals surface area contributed by atoms with Crippen molar-refractivity contribution < 1.29 is 32.5 Å². The van der Waals surface area contributed by atoms with E-state index < -0.39 is 22.9 Å². The summed E-state index contributed by atoms with van der Waals surface area (Å²) in [5.41, 5.74) is 0.768. The number of nitrogens with zero attached hydrogens (tertiary/aromatic N) is 2. The molecule has 3 rings (SSSR count). The third kappa shape index (κ3) is 4.77. The van der Waals surface area contributed by atoms with Crippen LogP contribution in [0.4, 0.5) is 13.2 Å². The maximum absolute atomic E-state index is 13.5. The van der Waals surface area contributed by atoms with Crippen LogP contribution in [0.5, 0.6) is 5.88 Å². The van der Waals surface area contributed by atoms with Gasteiger partial charge in [-0.05, 0) is 23.3 Å². The first-order valence-electron chi connectivity index (χ1n) is 8.48. The Morgan fingerprint density at radius 3 is 2.57 bits per heavy atom. The number of aromatic nitrogens is 2. The predicted molar refractivity (Wildman–Crippen MR) is 104 cm³/mol. The summed E-state index contributed by atoms with van der Waals surface area (Å²) < 4.78 is 50.6. The molecule has 0 radical (unpaired) electrons. The van der Waals surface area contributed by atoms with Crippen molar-refractivity contribution in [2.75, 3.05) is 7.11 Å². The van der Waals surface area contributed by atoms with Crippen LogP contribution in [0, 0.1) is 0 Å². The number of aliphatic carboxylic acids is 1. The molecular weight excluding hydrogens is 421 g/mol. The third-order valence-corrected chi connectivity index (χ3v) is 4.98. The number of thiazole rings is 1. The van der Waals surface area contributed by atoms with Crippen LogP contribution in [0.15, 0.2) is 54.9 Å². The molecule has 0 aliphatic rings. The van der Waals surface area contributed by atoms with Crippen LogP contribution >= 0.6 is 11.3 Å². The molecule has 0 amide bonds. The molecule has 1 N–H and O–H groups in total. The van der Waals surface area contributed by atoms with Crippen molar-refractivity contribution >= 4 is 22.9 Å². The van der Waals surface area contributed by atoms with Crippen LogP contribution in [0.2, 0.25) is 0 Å². The number of benzene rings is 1. The van der Waals surface area contributed by atoms with E-state index in [0.29, 0.717) is 22.6 Å². The van der Waals surface area contributed by atoms with Gasteiger partial charge in [0, 0.05) is 6.20 Å². The van der Waals surface area contributed by atoms with Gasteiger partial charge in [-0.25, -0.2) is 4.79 Å². The van der Waals surface area contributed by atoms with Crippen molar-refractivity contribution in [3.63, 3.8) is 0 Å². The van der Waals surface area contributed by atoms with Gasteiger partial charge in [-0.1, -0.05) is 30.3 Å². The van der Waals surface area contributed by atoms with Crippen molar-refractivity contribution in [2.24, 2.45) is 0 Å². The quantitative estimate of drug-likeness (QED) is 0.420. The highest BCUT2D eigenvalue weighted by Crippen LogP contribution is 2.43. The molecule has 3 aromatic rings. The maximum Gasteiger partial charge on any atom is 0.430 e. The molecule has 156 valence electrons. The van der Waals surface area contributed by atoms with E-state index in [9.17, 15) is 23.1 Å². The minimum Gasteiger partial charge on any atom is -0.503 e. The van der Waals surface area contributed by atoms with E-state index in [1.165, 1.54) is 19.4 Å². The highest BCUT2D eigenvalue weighted by Gasteiger charge is 2.38. The average molecular weight is 436 g/mol. The molecule has 0 atom stereocenters. The number of carboxylic acids is 1. The van der Waals surface area contributed by atoms with Gasteiger partial charge in [0.2, 0.25) is 5.88 Å². The van der Waals surface area contributed by atoms with Crippen molar-refractivity contribution in [2.45, 2.75) is 12.8 Å². The Morgan fingerprint density at radius 2 is 1.93 bits per heavy atom. The largest absolute Gasteiger partial charge is 0.503 e. The molecular formula is C20H15F3N2O4S. The zero-order valence-electron chi connectivity index (χ0n) is 15.5. The summed E-state index contributed by atoms with van der Waals surface area (Å²) in [6, 6.07) is 11.1. The van der Waals surface area contributed by atoms with Gasteiger partial charge in [0.1, 0.15) is 17.2 Å². The molecule has 0 aliphatic carbocycles. The fourth-order valence-corrected chi connectivity index (χ4v) is 3.44. The van der Waals surface area contributed by atoms with E-state index >= 15 is 0 Å². The monoisotopic (exact) mass is 436 g/mol. The number of ether oxygens (including phenoxy) is 2. The van der Waals surface area contributed by atoms with E-state index in [2.05, 4.69) is 9.97 Å². The number of pyridine rings is 1. The van der Waals surface area contributed by atoms with Crippen molar-refractivity contribution in [1.82, 2.24) is 9.97 Å². The summed E-state index contributed by atoms with van der Waals surface area (Å²) in [7, 11) is 1.30. The van der Waals surface area contributed by atoms with Gasteiger partial charge >= 0.3 is 12.1 Å². The highest BCUT2D eigenvalue weighted by molar-refractivity contribution is 7.15. The minimum atomic E-state index is -4.66. The number of halogens is 3.